The molecule has 0 bridgehead atoms. The molecule has 3 N–H and O–H groups in total. The van der Waals surface area contributed by atoms with Gasteiger partial charge in [0.15, 0.2) is 5.96 Å². The molecular weight excluding hydrogens is 242 g/mol. The molecule has 5 heteroatoms. The first kappa shape index (κ1) is 15.0. The number of carbonyl (C=O) groups excluding carboxylic acids is 1. The summed E-state index contributed by atoms with van der Waals surface area (Å²) in [4.78, 5) is 15.7. The summed E-state index contributed by atoms with van der Waals surface area (Å²) in [6.45, 7) is 7.25. The topological polar surface area (TPSA) is 76.7 Å². The van der Waals surface area contributed by atoms with Gasteiger partial charge in [-0.1, -0.05) is 30.3 Å². The Labute approximate surface area is 113 Å². The van der Waals surface area contributed by atoms with Crippen molar-refractivity contribution in [3.05, 3.63) is 35.9 Å². The van der Waals surface area contributed by atoms with Crippen molar-refractivity contribution in [2.45, 2.75) is 39.3 Å². The number of hydrogen-bond donors (Lipinski definition) is 2. The number of benzene rings is 1. The number of aliphatic imine (C=N–C) groups is 1. The number of rotatable bonds is 2. The summed E-state index contributed by atoms with van der Waals surface area (Å²) in [6.07, 6.45) is -0.603. The highest BCUT2D eigenvalue weighted by Crippen LogP contribution is 2.15. The van der Waals surface area contributed by atoms with Gasteiger partial charge in [-0.3, -0.25) is 5.32 Å². The lowest BCUT2D eigenvalue weighted by molar-refractivity contribution is 0.0562. The third-order valence-electron chi connectivity index (χ3n) is 2.24. The van der Waals surface area contributed by atoms with Crippen LogP contribution in [0.15, 0.2) is 35.3 Å². The van der Waals surface area contributed by atoms with E-state index in [1.807, 2.05) is 37.3 Å². The zero-order valence-electron chi connectivity index (χ0n) is 11.8. The van der Waals surface area contributed by atoms with Gasteiger partial charge in [-0.25, -0.2) is 9.79 Å². The molecule has 0 aromatic heterocycles. The third-order valence-corrected chi connectivity index (χ3v) is 2.24. The van der Waals surface area contributed by atoms with Gasteiger partial charge in [0, 0.05) is 0 Å². The Bertz CT molecular complexity index is 450. The van der Waals surface area contributed by atoms with Crippen molar-refractivity contribution in [3.63, 3.8) is 0 Å². The number of ether oxygens (including phenoxy) is 1. The summed E-state index contributed by atoms with van der Waals surface area (Å²) in [7, 11) is 0. The molecule has 1 aromatic rings. The Balaban J connectivity index is 2.60. The Kier molecular flexibility index (Phi) is 4.92. The van der Waals surface area contributed by atoms with Crippen LogP contribution >= 0.6 is 0 Å². The first-order chi connectivity index (χ1) is 8.78. The second-order valence-corrected chi connectivity index (χ2v) is 5.23. The van der Waals surface area contributed by atoms with Crippen molar-refractivity contribution in [3.8, 4) is 0 Å². The Morgan fingerprint density at radius 2 is 1.89 bits per heavy atom. The van der Waals surface area contributed by atoms with Crippen LogP contribution < -0.4 is 11.1 Å². The first-order valence-electron chi connectivity index (χ1n) is 6.16. The van der Waals surface area contributed by atoms with Crippen molar-refractivity contribution in [2.75, 3.05) is 0 Å². The Morgan fingerprint density at radius 3 is 2.42 bits per heavy atom. The maximum atomic E-state index is 11.5. The summed E-state index contributed by atoms with van der Waals surface area (Å²) in [5, 5.41) is 2.40. The van der Waals surface area contributed by atoms with E-state index in [1.54, 1.807) is 20.8 Å². The number of nitrogens with one attached hydrogen (secondary N) is 1. The quantitative estimate of drug-likeness (QED) is 0.636. The molecule has 0 heterocycles. The predicted octanol–water partition coefficient (Wildman–Crippen LogP) is 2.59. The molecule has 1 aromatic carbocycles. The minimum atomic E-state index is -0.603. The van der Waals surface area contributed by atoms with Gasteiger partial charge in [0.05, 0.1) is 6.04 Å². The SMILES string of the molecule is C[C@@H](N=C(N)NC(=O)OC(C)(C)C)c1ccccc1. The number of amides is 1. The number of alkyl carbamates (subject to hydrolysis) is 1. The van der Waals surface area contributed by atoms with Crippen LogP contribution in [0.25, 0.3) is 0 Å². The molecule has 0 aliphatic rings. The van der Waals surface area contributed by atoms with Crippen LogP contribution in [0.4, 0.5) is 4.79 Å². The van der Waals surface area contributed by atoms with E-state index < -0.39 is 11.7 Å². The minimum Gasteiger partial charge on any atom is -0.444 e. The van der Waals surface area contributed by atoms with E-state index in [4.69, 9.17) is 10.5 Å². The Morgan fingerprint density at radius 1 is 1.32 bits per heavy atom. The third kappa shape index (κ3) is 5.90. The Hall–Kier alpha value is -2.04. The van der Waals surface area contributed by atoms with E-state index in [-0.39, 0.29) is 12.0 Å². The molecule has 1 rings (SSSR count). The molecule has 0 radical (unpaired) electrons. The van der Waals surface area contributed by atoms with E-state index >= 15 is 0 Å². The first-order valence-corrected chi connectivity index (χ1v) is 6.16. The lowest BCUT2D eigenvalue weighted by Gasteiger charge is -2.19. The summed E-state index contributed by atoms with van der Waals surface area (Å²) >= 11 is 0. The van der Waals surface area contributed by atoms with Crippen molar-refractivity contribution < 1.29 is 9.53 Å². The van der Waals surface area contributed by atoms with Crippen LogP contribution in [0.2, 0.25) is 0 Å². The molecule has 0 aliphatic carbocycles. The highest BCUT2D eigenvalue weighted by molar-refractivity contribution is 5.93. The fourth-order valence-corrected chi connectivity index (χ4v) is 1.46. The minimum absolute atomic E-state index is 0.0469. The number of nitrogens with zero attached hydrogens (tertiary/aromatic N) is 1. The highest BCUT2D eigenvalue weighted by Gasteiger charge is 2.16. The molecule has 5 nitrogen and oxygen atoms in total. The molecule has 104 valence electrons. The number of hydrogen-bond acceptors (Lipinski definition) is 3. The number of nitrogens with two attached hydrogens (primary N) is 1. The van der Waals surface area contributed by atoms with Crippen LogP contribution in [-0.4, -0.2) is 17.7 Å². The summed E-state index contributed by atoms with van der Waals surface area (Å²) in [5.74, 6) is 0.0469. The highest BCUT2D eigenvalue weighted by atomic mass is 16.6. The monoisotopic (exact) mass is 263 g/mol. The van der Waals surface area contributed by atoms with Gasteiger partial charge in [0.25, 0.3) is 0 Å². The van der Waals surface area contributed by atoms with Gasteiger partial charge in [-0.15, -0.1) is 0 Å². The van der Waals surface area contributed by atoms with Gasteiger partial charge in [0.1, 0.15) is 5.60 Å². The number of carbonyl (C=O) groups is 1. The lowest BCUT2D eigenvalue weighted by atomic mass is 10.1. The van der Waals surface area contributed by atoms with Crippen LogP contribution in [0.3, 0.4) is 0 Å². The molecule has 1 amide bonds. The van der Waals surface area contributed by atoms with Crippen LogP contribution in [0.1, 0.15) is 39.3 Å². The molecule has 0 unspecified atom stereocenters. The smallest absolute Gasteiger partial charge is 0.414 e. The van der Waals surface area contributed by atoms with Crippen molar-refractivity contribution in [1.29, 1.82) is 0 Å². The molecule has 1 atom stereocenters. The fourth-order valence-electron chi connectivity index (χ4n) is 1.46. The number of guanidine groups is 1. The van der Waals surface area contributed by atoms with Crippen LogP contribution in [-0.2, 0) is 4.74 Å². The van der Waals surface area contributed by atoms with Crippen molar-refractivity contribution >= 4 is 12.1 Å². The summed E-state index contributed by atoms with van der Waals surface area (Å²) in [5.41, 5.74) is 6.13. The average molecular weight is 263 g/mol. The van der Waals surface area contributed by atoms with E-state index in [9.17, 15) is 4.79 Å². The van der Waals surface area contributed by atoms with Gasteiger partial charge in [-0.2, -0.15) is 0 Å². The maximum absolute atomic E-state index is 11.5. The van der Waals surface area contributed by atoms with Crippen molar-refractivity contribution in [2.24, 2.45) is 10.7 Å². The molecule has 0 fully saturated rings. The zero-order chi connectivity index (χ0) is 14.5. The predicted molar refractivity (Wildman–Crippen MR) is 75.8 cm³/mol. The molecule has 0 aliphatic heterocycles. The standard InChI is InChI=1S/C14H21N3O2/c1-10(11-8-6-5-7-9-11)16-12(15)17-13(18)19-14(2,3)4/h5-10H,1-4H3,(H3,15,16,17,18)/t10-/m1/s1. The van der Waals surface area contributed by atoms with E-state index in [1.165, 1.54) is 0 Å². The molecule has 0 spiro atoms. The molecule has 0 saturated carbocycles. The van der Waals surface area contributed by atoms with Crippen LogP contribution in [0, 0.1) is 0 Å². The molecule has 19 heavy (non-hydrogen) atoms. The van der Waals surface area contributed by atoms with E-state index in [2.05, 4.69) is 10.3 Å². The summed E-state index contributed by atoms with van der Waals surface area (Å²) in [6, 6.07) is 9.57. The van der Waals surface area contributed by atoms with Crippen LogP contribution in [0.5, 0.6) is 0 Å². The van der Waals surface area contributed by atoms with Gasteiger partial charge >= 0.3 is 6.09 Å². The fraction of sp³-hybridized carbons (Fsp3) is 0.429. The molecular formula is C14H21N3O2. The average Bonchev–Trinajstić information content (AvgIpc) is 2.27. The second kappa shape index (κ2) is 6.22. The second-order valence-electron chi connectivity index (χ2n) is 5.23. The zero-order valence-corrected chi connectivity index (χ0v) is 11.8. The largest absolute Gasteiger partial charge is 0.444 e. The molecule has 0 saturated heterocycles. The van der Waals surface area contributed by atoms with E-state index in [0.29, 0.717) is 0 Å². The lowest BCUT2D eigenvalue weighted by Crippen LogP contribution is -2.40. The maximum Gasteiger partial charge on any atom is 0.414 e. The summed E-state index contributed by atoms with van der Waals surface area (Å²) < 4.78 is 5.08. The van der Waals surface area contributed by atoms with Gasteiger partial charge < -0.3 is 10.5 Å². The normalized spacial score (nSPS) is 13.8. The van der Waals surface area contributed by atoms with E-state index in [0.717, 1.165) is 5.56 Å². The van der Waals surface area contributed by atoms with Crippen molar-refractivity contribution in [1.82, 2.24) is 5.32 Å². The van der Waals surface area contributed by atoms with Gasteiger partial charge in [0.2, 0.25) is 0 Å². The van der Waals surface area contributed by atoms with Gasteiger partial charge in [-0.05, 0) is 33.3 Å².